The van der Waals surface area contributed by atoms with E-state index in [2.05, 4.69) is 22.5 Å². The number of halogens is 2. The van der Waals surface area contributed by atoms with Crippen LogP contribution < -0.4 is 10.6 Å². The molecular weight excluding hydrogens is 444 g/mol. The van der Waals surface area contributed by atoms with Crippen LogP contribution in [0.25, 0.3) is 0 Å². The lowest BCUT2D eigenvalue weighted by molar-refractivity contribution is 0.566. The highest BCUT2D eigenvalue weighted by molar-refractivity contribution is 14.0. The van der Waals surface area contributed by atoms with Crippen molar-refractivity contribution in [3.8, 4) is 0 Å². The highest BCUT2D eigenvalue weighted by Gasteiger charge is 2.18. The van der Waals surface area contributed by atoms with Gasteiger partial charge in [0.1, 0.15) is 10.7 Å². The van der Waals surface area contributed by atoms with Crippen LogP contribution in [-0.2, 0) is 9.84 Å². The minimum atomic E-state index is -3.65. The van der Waals surface area contributed by atoms with Crippen molar-refractivity contribution >= 4 is 39.8 Å². The summed E-state index contributed by atoms with van der Waals surface area (Å²) in [7, 11) is -3.65. The summed E-state index contributed by atoms with van der Waals surface area (Å²) in [5, 5.41) is 6.05. The van der Waals surface area contributed by atoms with Gasteiger partial charge in [-0.15, -0.1) is 24.0 Å². The second-order valence-corrected chi connectivity index (χ2v) is 7.22. The molecule has 8 heteroatoms. The molecule has 0 radical (unpaired) electrons. The third-order valence-electron chi connectivity index (χ3n) is 3.21. The molecule has 0 aromatic heterocycles. The van der Waals surface area contributed by atoms with E-state index in [1.54, 1.807) is 0 Å². The second-order valence-electron chi connectivity index (χ2n) is 5.14. The summed E-state index contributed by atoms with van der Waals surface area (Å²) < 4.78 is 37.9. The van der Waals surface area contributed by atoms with Crippen LogP contribution in [0.3, 0.4) is 0 Å². The van der Waals surface area contributed by atoms with E-state index in [4.69, 9.17) is 0 Å². The predicted molar refractivity (Wildman–Crippen MR) is 107 cm³/mol. The van der Waals surface area contributed by atoms with Crippen molar-refractivity contribution in [2.24, 2.45) is 4.99 Å². The number of sulfone groups is 1. The zero-order chi connectivity index (χ0) is 17.1. The first-order valence-corrected chi connectivity index (χ1v) is 9.66. The van der Waals surface area contributed by atoms with Gasteiger partial charge in [-0.1, -0.05) is 31.9 Å². The van der Waals surface area contributed by atoms with E-state index in [1.165, 1.54) is 18.2 Å². The molecule has 1 aromatic rings. The van der Waals surface area contributed by atoms with Crippen LogP contribution in [0.2, 0.25) is 0 Å². The number of hydrogen-bond acceptors (Lipinski definition) is 3. The summed E-state index contributed by atoms with van der Waals surface area (Å²) in [4.78, 5) is 4.13. The number of unbranched alkanes of at least 4 members (excludes halogenated alkanes) is 2. The van der Waals surface area contributed by atoms with Crippen LogP contribution in [-0.4, -0.2) is 39.8 Å². The number of hydrogen-bond donors (Lipinski definition) is 2. The van der Waals surface area contributed by atoms with Crippen molar-refractivity contribution in [1.82, 2.24) is 10.6 Å². The van der Waals surface area contributed by atoms with Crippen molar-refractivity contribution in [3.05, 3.63) is 30.1 Å². The Bertz CT molecular complexity index is 609. The number of nitrogens with zero attached hydrogens (tertiary/aromatic N) is 1. The van der Waals surface area contributed by atoms with Gasteiger partial charge < -0.3 is 10.6 Å². The molecule has 0 fully saturated rings. The Morgan fingerprint density at radius 3 is 2.50 bits per heavy atom. The van der Waals surface area contributed by atoms with Crippen molar-refractivity contribution in [2.75, 3.05) is 25.4 Å². The van der Waals surface area contributed by atoms with Crippen LogP contribution in [0, 0.1) is 5.82 Å². The molecule has 138 valence electrons. The smallest absolute Gasteiger partial charge is 0.191 e. The summed E-state index contributed by atoms with van der Waals surface area (Å²) in [6, 6.07) is 5.43. The van der Waals surface area contributed by atoms with Gasteiger partial charge in [-0.25, -0.2) is 12.8 Å². The Hall–Kier alpha value is -0.900. The zero-order valence-corrected chi connectivity index (χ0v) is 17.4. The fourth-order valence-corrected chi connectivity index (χ4v) is 3.25. The average Bonchev–Trinajstić information content (AvgIpc) is 2.51. The lowest BCUT2D eigenvalue weighted by Gasteiger charge is -2.11. The van der Waals surface area contributed by atoms with Gasteiger partial charge in [0.2, 0.25) is 0 Å². The molecule has 0 aliphatic heterocycles. The molecule has 5 nitrogen and oxygen atoms in total. The van der Waals surface area contributed by atoms with Crippen molar-refractivity contribution in [1.29, 1.82) is 0 Å². The molecule has 0 unspecified atom stereocenters. The largest absolute Gasteiger partial charge is 0.357 e. The van der Waals surface area contributed by atoms with E-state index in [-0.39, 0.29) is 41.2 Å². The third-order valence-corrected chi connectivity index (χ3v) is 4.95. The molecule has 1 rings (SSSR count). The number of rotatable bonds is 9. The van der Waals surface area contributed by atoms with Gasteiger partial charge in [0.05, 0.1) is 5.75 Å². The summed E-state index contributed by atoms with van der Waals surface area (Å²) in [6.45, 7) is 5.64. The molecule has 2 N–H and O–H groups in total. The molecule has 0 aliphatic rings. The Morgan fingerprint density at radius 1 is 1.17 bits per heavy atom. The standard InChI is InChI=1S/C16H26FN3O2S.HI/c1-3-5-8-11-19-16(18-4-2)20-12-13-23(21,22)15-10-7-6-9-14(15)17;/h6-7,9-10H,3-5,8,11-13H2,1-2H3,(H2,18,19,20);1H. The Labute approximate surface area is 161 Å². The summed E-state index contributed by atoms with van der Waals surface area (Å²) in [5.41, 5.74) is 0. The number of nitrogens with one attached hydrogen (secondary N) is 2. The van der Waals surface area contributed by atoms with E-state index >= 15 is 0 Å². The Balaban J connectivity index is 0.00000529. The number of benzene rings is 1. The van der Waals surface area contributed by atoms with Gasteiger partial charge >= 0.3 is 0 Å². The third kappa shape index (κ3) is 8.27. The SMILES string of the molecule is CCCCCN=C(NCC)NCCS(=O)(=O)c1ccccc1F.I. The maximum Gasteiger partial charge on any atom is 0.191 e. The Morgan fingerprint density at radius 2 is 1.88 bits per heavy atom. The van der Waals surface area contributed by atoms with E-state index in [1.807, 2.05) is 6.92 Å². The molecule has 0 saturated carbocycles. The summed E-state index contributed by atoms with van der Waals surface area (Å²) in [6.07, 6.45) is 3.24. The van der Waals surface area contributed by atoms with E-state index < -0.39 is 15.7 Å². The number of aliphatic imine (C=N–C) groups is 1. The predicted octanol–water partition coefficient (Wildman–Crippen LogP) is 2.96. The van der Waals surface area contributed by atoms with Crippen LogP contribution in [0.5, 0.6) is 0 Å². The van der Waals surface area contributed by atoms with Crippen molar-refractivity contribution in [2.45, 2.75) is 38.0 Å². The molecule has 0 bridgehead atoms. The molecule has 0 saturated heterocycles. The summed E-state index contributed by atoms with van der Waals surface area (Å²) in [5.74, 6) is -0.312. The maximum atomic E-state index is 13.6. The molecule has 0 atom stereocenters. The number of guanidine groups is 1. The first-order chi connectivity index (χ1) is 11.0. The van der Waals surface area contributed by atoms with Gasteiger partial charge in [0.25, 0.3) is 0 Å². The average molecular weight is 471 g/mol. The first-order valence-electron chi connectivity index (χ1n) is 8.00. The molecule has 0 aliphatic carbocycles. The first kappa shape index (κ1) is 23.1. The van der Waals surface area contributed by atoms with Gasteiger partial charge in [-0.05, 0) is 25.5 Å². The van der Waals surface area contributed by atoms with Gasteiger partial charge in [0, 0.05) is 19.6 Å². The maximum absolute atomic E-state index is 13.6. The molecule has 0 amide bonds. The quantitative estimate of drug-likeness (QED) is 0.252. The van der Waals surface area contributed by atoms with Crippen LogP contribution in [0.4, 0.5) is 4.39 Å². The lowest BCUT2D eigenvalue weighted by atomic mass is 10.2. The zero-order valence-electron chi connectivity index (χ0n) is 14.2. The van der Waals surface area contributed by atoms with Gasteiger partial charge in [0.15, 0.2) is 15.8 Å². The van der Waals surface area contributed by atoms with Crippen LogP contribution in [0.1, 0.15) is 33.1 Å². The van der Waals surface area contributed by atoms with E-state index in [0.29, 0.717) is 19.0 Å². The van der Waals surface area contributed by atoms with Crippen molar-refractivity contribution in [3.63, 3.8) is 0 Å². The van der Waals surface area contributed by atoms with Crippen LogP contribution >= 0.6 is 24.0 Å². The second kappa shape index (κ2) is 12.5. The van der Waals surface area contributed by atoms with Crippen molar-refractivity contribution < 1.29 is 12.8 Å². The van der Waals surface area contributed by atoms with Gasteiger partial charge in [-0.3, -0.25) is 4.99 Å². The highest BCUT2D eigenvalue weighted by Crippen LogP contribution is 2.14. The molecule has 0 spiro atoms. The molecule has 24 heavy (non-hydrogen) atoms. The topological polar surface area (TPSA) is 70.6 Å². The fourth-order valence-electron chi connectivity index (χ4n) is 2.01. The van der Waals surface area contributed by atoms with E-state index in [9.17, 15) is 12.8 Å². The molecule has 0 heterocycles. The monoisotopic (exact) mass is 471 g/mol. The van der Waals surface area contributed by atoms with Crippen LogP contribution in [0.15, 0.2) is 34.2 Å². The highest BCUT2D eigenvalue weighted by atomic mass is 127. The fraction of sp³-hybridized carbons (Fsp3) is 0.562. The summed E-state index contributed by atoms with van der Waals surface area (Å²) >= 11 is 0. The minimum Gasteiger partial charge on any atom is -0.357 e. The van der Waals surface area contributed by atoms with E-state index in [0.717, 1.165) is 25.3 Å². The molecule has 1 aromatic carbocycles. The van der Waals surface area contributed by atoms with Gasteiger partial charge in [-0.2, -0.15) is 0 Å². The minimum absolute atomic E-state index is 0. The lowest BCUT2D eigenvalue weighted by Crippen LogP contribution is -2.39. The normalized spacial score (nSPS) is 11.7. The molecular formula is C16H27FIN3O2S. The Kier molecular flexibility index (Phi) is 12.0.